The van der Waals surface area contributed by atoms with E-state index in [0.29, 0.717) is 23.6 Å². The van der Waals surface area contributed by atoms with Gasteiger partial charge in [-0.3, -0.25) is 9.36 Å². The van der Waals surface area contributed by atoms with Crippen LogP contribution >= 0.6 is 11.6 Å². The fourth-order valence-corrected chi connectivity index (χ4v) is 3.28. The van der Waals surface area contributed by atoms with E-state index in [1.54, 1.807) is 10.9 Å². The van der Waals surface area contributed by atoms with Crippen LogP contribution in [0.3, 0.4) is 0 Å². The first-order chi connectivity index (χ1) is 12.1. The van der Waals surface area contributed by atoms with E-state index in [0.717, 1.165) is 35.2 Å². The van der Waals surface area contributed by atoms with Crippen molar-refractivity contribution < 1.29 is 4.74 Å². The number of aryl methyl sites for hydroxylation is 3. The second-order valence-corrected chi connectivity index (χ2v) is 6.62. The van der Waals surface area contributed by atoms with Gasteiger partial charge in [0.15, 0.2) is 0 Å². The van der Waals surface area contributed by atoms with Crippen LogP contribution in [0.15, 0.2) is 47.5 Å². The third-order valence-electron chi connectivity index (χ3n) is 4.14. The van der Waals surface area contributed by atoms with Crippen molar-refractivity contribution in [2.24, 2.45) is 0 Å². The Bertz CT molecular complexity index is 927. The van der Waals surface area contributed by atoms with Crippen molar-refractivity contribution in [3.8, 4) is 5.75 Å². The van der Waals surface area contributed by atoms with Crippen LogP contribution in [0.5, 0.6) is 5.75 Å². The van der Waals surface area contributed by atoms with Gasteiger partial charge in [0.1, 0.15) is 5.75 Å². The second kappa shape index (κ2) is 7.70. The summed E-state index contributed by atoms with van der Waals surface area (Å²) in [7, 11) is 0. The van der Waals surface area contributed by atoms with Gasteiger partial charge >= 0.3 is 0 Å². The number of hydrogen-bond acceptors (Lipinski definition) is 3. The van der Waals surface area contributed by atoms with E-state index in [1.807, 2.05) is 44.2 Å². The van der Waals surface area contributed by atoms with Gasteiger partial charge < -0.3 is 4.74 Å². The van der Waals surface area contributed by atoms with Crippen molar-refractivity contribution in [3.63, 3.8) is 0 Å². The summed E-state index contributed by atoms with van der Waals surface area (Å²) in [5, 5.41) is 1.30. The first-order valence-electron chi connectivity index (χ1n) is 8.40. The van der Waals surface area contributed by atoms with E-state index >= 15 is 0 Å². The second-order valence-electron chi connectivity index (χ2n) is 6.21. The van der Waals surface area contributed by atoms with Gasteiger partial charge in [0.05, 0.1) is 28.9 Å². The Balaban J connectivity index is 1.56. The molecule has 5 heteroatoms. The highest BCUT2D eigenvalue weighted by Gasteiger charge is 2.07. The summed E-state index contributed by atoms with van der Waals surface area (Å²) in [6.45, 7) is 5.20. The Morgan fingerprint density at radius 2 is 1.96 bits per heavy atom. The zero-order valence-corrected chi connectivity index (χ0v) is 15.2. The molecule has 0 spiro atoms. The highest BCUT2D eigenvalue weighted by Crippen LogP contribution is 2.29. The number of rotatable bonds is 6. The van der Waals surface area contributed by atoms with Gasteiger partial charge in [-0.05, 0) is 56.0 Å². The Morgan fingerprint density at radius 1 is 1.16 bits per heavy atom. The Hall–Kier alpha value is -2.33. The number of nitrogens with zero attached hydrogens (tertiary/aromatic N) is 2. The lowest BCUT2D eigenvalue weighted by Crippen LogP contribution is -2.20. The van der Waals surface area contributed by atoms with Gasteiger partial charge in [0.25, 0.3) is 5.56 Å². The number of fused-ring (bicyclic) bond motifs is 1. The molecule has 4 nitrogen and oxygen atoms in total. The predicted molar refractivity (Wildman–Crippen MR) is 102 cm³/mol. The minimum Gasteiger partial charge on any atom is -0.492 e. The van der Waals surface area contributed by atoms with Crippen molar-refractivity contribution in [2.45, 2.75) is 33.2 Å². The maximum Gasteiger partial charge on any atom is 0.261 e. The summed E-state index contributed by atoms with van der Waals surface area (Å²) in [4.78, 5) is 16.7. The average molecular weight is 357 g/mol. The standard InChI is InChI=1S/C20H21ClN2O2/c1-14-11-15(2)19(17(21)12-14)25-10-6-5-9-23-13-22-18-8-4-3-7-16(18)20(23)24/h3-4,7-8,11-13H,5-6,9-10H2,1-2H3. The van der Waals surface area contributed by atoms with Crippen LogP contribution in [0.4, 0.5) is 0 Å². The quantitative estimate of drug-likeness (QED) is 0.610. The summed E-state index contributed by atoms with van der Waals surface area (Å²) >= 11 is 6.24. The van der Waals surface area contributed by atoms with Gasteiger partial charge in [0, 0.05) is 6.54 Å². The summed E-state index contributed by atoms with van der Waals surface area (Å²) < 4.78 is 7.49. The van der Waals surface area contributed by atoms with Crippen LogP contribution in [0.25, 0.3) is 10.9 Å². The Kier molecular flexibility index (Phi) is 5.39. The van der Waals surface area contributed by atoms with E-state index in [1.165, 1.54) is 0 Å². The van der Waals surface area contributed by atoms with Crippen molar-refractivity contribution >= 4 is 22.5 Å². The van der Waals surface area contributed by atoms with Crippen LogP contribution in [-0.2, 0) is 6.54 Å². The van der Waals surface area contributed by atoms with E-state index in [9.17, 15) is 4.79 Å². The molecule has 0 amide bonds. The van der Waals surface area contributed by atoms with Gasteiger partial charge in [-0.1, -0.05) is 29.8 Å². The van der Waals surface area contributed by atoms with E-state index in [-0.39, 0.29) is 5.56 Å². The molecular formula is C20H21ClN2O2. The minimum absolute atomic E-state index is 0.00365. The summed E-state index contributed by atoms with van der Waals surface area (Å²) in [5.41, 5.74) is 2.90. The van der Waals surface area contributed by atoms with Crippen molar-refractivity contribution in [1.29, 1.82) is 0 Å². The number of unbranched alkanes of at least 4 members (excludes halogenated alkanes) is 1. The molecule has 0 fully saturated rings. The number of hydrogen-bond donors (Lipinski definition) is 0. The molecule has 0 saturated carbocycles. The minimum atomic E-state index is 0.00365. The number of aromatic nitrogens is 2. The Labute approximate surface area is 152 Å². The molecule has 1 aromatic heterocycles. The number of ether oxygens (including phenoxy) is 1. The molecule has 0 aliphatic carbocycles. The normalized spacial score (nSPS) is 11.0. The first kappa shape index (κ1) is 17.5. The lowest BCUT2D eigenvalue weighted by molar-refractivity contribution is 0.301. The van der Waals surface area contributed by atoms with E-state index < -0.39 is 0 Å². The zero-order valence-electron chi connectivity index (χ0n) is 14.5. The fraction of sp³-hybridized carbons (Fsp3) is 0.300. The molecular weight excluding hydrogens is 336 g/mol. The zero-order chi connectivity index (χ0) is 17.8. The topological polar surface area (TPSA) is 44.1 Å². The third kappa shape index (κ3) is 4.02. The molecule has 25 heavy (non-hydrogen) atoms. The molecule has 2 aromatic carbocycles. The smallest absolute Gasteiger partial charge is 0.261 e. The van der Waals surface area contributed by atoms with Gasteiger partial charge in [-0.2, -0.15) is 0 Å². The lowest BCUT2D eigenvalue weighted by atomic mass is 10.1. The summed E-state index contributed by atoms with van der Waals surface area (Å²) in [6.07, 6.45) is 3.29. The largest absolute Gasteiger partial charge is 0.492 e. The maximum atomic E-state index is 12.4. The first-order valence-corrected chi connectivity index (χ1v) is 8.78. The summed E-state index contributed by atoms with van der Waals surface area (Å²) in [6, 6.07) is 11.4. The van der Waals surface area contributed by atoms with E-state index in [2.05, 4.69) is 11.1 Å². The van der Waals surface area contributed by atoms with Gasteiger partial charge in [-0.15, -0.1) is 0 Å². The van der Waals surface area contributed by atoms with Crippen LogP contribution in [0, 0.1) is 13.8 Å². The van der Waals surface area contributed by atoms with Gasteiger partial charge in [-0.25, -0.2) is 4.98 Å². The molecule has 0 atom stereocenters. The van der Waals surface area contributed by atoms with Gasteiger partial charge in [0.2, 0.25) is 0 Å². The number of halogens is 1. The number of benzene rings is 2. The van der Waals surface area contributed by atoms with Crippen molar-refractivity contribution in [2.75, 3.05) is 6.61 Å². The lowest BCUT2D eigenvalue weighted by Gasteiger charge is -2.12. The van der Waals surface area contributed by atoms with E-state index in [4.69, 9.17) is 16.3 Å². The van der Waals surface area contributed by atoms with Crippen LogP contribution in [-0.4, -0.2) is 16.2 Å². The summed E-state index contributed by atoms with van der Waals surface area (Å²) in [5.74, 6) is 0.747. The molecule has 0 radical (unpaired) electrons. The molecule has 0 aliphatic heterocycles. The maximum absolute atomic E-state index is 12.4. The number of para-hydroxylation sites is 1. The van der Waals surface area contributed by atoms with Crippen molar-refractivity contribution in [3.05, 3.63) is 69.2 Å². The van der Waals surface area contributed by atoms with Crippen LogP contribution in [0.2, 0.25) is 5.02 Å². The molecule has 0 saturated heterocycles. The molecule has 1 heterocycles. The third-order valence-corrected chi connectivity index (χ3v) is 4.43. The van der Waals surface area contributed by atoms with Crippen molar-refractivity contribution in [1.82, 2.24) is 9.55 Å². The molecule has 0 N–H and O–H groups in total. The molecule has 130 valence electrons. The highest BCUT2D eigenvalue weighted by molar-refractivity contribution is 6.32. The predicted octanol–water partition coefficient (Wildman–Crippen LogP) is 4.53. The monoisotopic (exact) mass is 356 g/mol. The molecule has 0 bridgehead atoms. The average Bonchev–Trinajstić information content (AvgIpc) is 2.58. The Morgan fingerprint density at radius 3 is 2.76 bits per heavy atom. The molecule has 3 aromatic rings. The molecule has 3 rings (SSSR count). The van der Waals surface area contributed by atoms with Crippen LogP contribution < -0.4 is 10.3 Å². The highest BCUT2D eigenvalue weighted by atomic mass is 35.5. The fourth-order valence-electron chi connectivity index (χ4n) is 2.91. The molecule has 0 aliphatic rings. The van der Waals surface area contributed by atoms with Crippen LogP contribution in [0.1, 0.15) is 24.0 Å². The SMILES string of the molecule is Cc1cc(C)c(OCCCCn2cnc3ccccc3c2=O)c(Cl)c1. The molecule has 0 unspecified atom stereocenters.